The Labute approximate surface area is 109 Å². The molecule has 0 bridgehead atoms. The summed E-state index contributed by atoms with van der Waals surface area (Å²) in [6.07, 6.45) is 4.00. The molecule has 1 aromatic carbocycles. The van der Waals surface area contributed by atoms with Gasteiger partial charge in [0.2, 0.25) is 0 Å². The summed E-state index contributed by atoms with van der Waals surface area (Å²) in [7, 11) is 1.42. The number of rotatable bonds is 6. The molecule has 98 valence electrons. The number of esters is 1. The van der Waals surface area contributed by atoms with Crippen molar-refractivity contribution in [3.8, 4) is 0 Å². The van der Waals surface area contributed by atoms with E-state index < -0.39 is 0 Å². The van der Waals surface area contributed by atoms with Crippen LogP contribution in [0.15, 0.2) is 24.3 Å². The SMILES string of the molecule is COC(=O)c1ccccc1CNC(C)CC1CC1. The normalized spacial score (nSPS) is 16.3. The van der Waals surface area contributed by atoms with E-state index in [2.05, 4.69) is 12.2 Å². The van der Waals surface area contributed by atoms with Gasteiger partial charge >= 0.3 is 5.97 Å². The molecule has 2 rings (SSSR count). The third kappa shape index (κ3) is 3.57. The first kappa shape index (κ1) is 13.1. The molecule has 0 aromatic heterocycles. The molecule has 0 heterocycles. The van der Waals surface area contributed by atoms with Gasteiger partial charge in [-0.15, -0.1) is 0 Å². The second kappa shape index (κ2) is 6.01. The molecule has 3 nitrogen and oxygen atoms in total. The number of hydrogen-bond donors (Lipinski definition) is 1. The monoisotopic (exact) mass is 247 g/mol. The van der Waals surface area contributed by atoms with E-state index in [4.69, 9.17) is 4.74 Å². The van der Waals surface area contributed by atoms with Crippen LogP contribution in [0.4, 0.5) is 0 Å². The highest BCUT2D eigenvalue weighted by atomic mass is 16.5. The molecule has 1 saturated carbocycles. The molecule has 1 aliphatic rings. The van der Waals surface area contributed by atoms with Crippen molar-refractivity contribution < 1.29 is 9.53 Å². The summed E-state index contributed by atoms with van der Waals surface area (Å²) in [6, 6.07) is 8.11. The zero-order chi connectivity index (χ0) is 13.0. The zero-order valence-electron chi connectivity index (χ0n) is 11.1. The first-order valence-corrected chi connectivity index (χ1v) is 6.60. The van der Waals surface area contributed by atoms with Gasteiger partial charge in [0.25, 0.3) is 0 Å². The molecule has 0 radical (unpaired) electrons. The number of carbonyl (C=O) groups is 1. The Morgan fingerprint density at radius 3 is 2.83 bits per heavy atom. The van der Waals surface area contributed by atoms with Crippen LogP contribution in [0.1, 0.15) is 42.1 Å². The predicted molar refractivity (Wildman–Crippen MR) is 71.4 cm³/mol. The smallest absolute Gasteiger partial charge is 0.338 e. The van der Waals surface area contributed by atoms with E-state index in [0.29, 0.717) is 11.6 Å². The van der Waals surface area contributed by atoms with Crippen LogP contribution in [0.3, 0.4) is 0 Å². The van der Waals surface area contributed by atoms with Crippen LogP contribution in [0.2, 0.25) is 0 Å². The van der Waals surface area contributed by atoms with E-state index in [1.807, 2.05) is 24.3 Å². The van der Waals surface area contributed by atoms with Gasteiger partial charge in [-0.3, -0.25) is 0 Å². The Hall–Kier alpha value is -1.35. The van der Waals surface area contributed by atoms with E-state index in [-0.39, 0.29) is 5.97 Å². The Kier molecular flexibility index (Phi) is 4.37. The van der Waals surface area contributed by atoms with Crippen LogP contribution in [-0.2, 0) is 11.3 Å². The lowest BCUT2D eigenvalue weighted by Gasteiger charge is -2.14. The zero-order valence-corrected chi connectivity index (χ0v) is 11.1. The van der Waals surface area contributed by atoms with Crippen LogP contribution in [-0.4, -0.2) is 19.1 Å². The van der Waals surface area contributed by atoms with Gasteiger partial charge in [-0.25, -0.2) is 4.79 Å². The third-order valence-electron chi connectivity index (χ3n) is 3.45. The van der Waals surface area contributed by atoms with Crippen molar-refractivity contribution in [2.45, 2.75) is 38.8 Å². The average molecular weight is 247 g/mol. The van der Waals surface area contributed by atoms with Gasteiger partial charge in [0.15, 0.2) is 0 Å². The third-order valence-corrected chi connectivity index (χ3v) is 3.45. The minimum atomic E-state index is -0.262. The van der Waals surface area contributed by atoms with Crippen LogP contribution >= 0.6 is 0 Å². The van der Waals surface area contributed by atoms with Crippen LogP contribution in [0, 0.1) is 5.92 Å². The summed E-state index contributed by atoms with van der Waals surface area (Å²) < 4.78 is 4.79. The lowest BCUT2D eigenvalue weighted by atomic mass is 10.1. The standard InChI is InChI=1S/C15H21NO2/c1-11(9-12-7-8-12)16-10-13-5-3-4-6-14(13)15(17)18-2/h3-6,11-12,16H,7-10H2,1-2H3. The molecule has 0 aliphatic heterocycles. The maximum atomic E-state index is 11.6. The van der Waals surface area contributed by atoms with Crippen LogP contribution in [0.5, 0.6) is 0 Å². The van der Waals surface area contributed by atoms with E-state index in [1.54, 1.807) is 0 Å². The fourth-order valence-electron chi connectivity index (χ4n) is 2.20. The molecule has 1 unspecified atom stereocenters. The van der Waals surface area contributed by atoms with Crippen molar-refractivity contribution in [3.63, 3.8) is 0 Å². The van der Waals surface area contributed by atoms with E-state index in [0.717, 1.165) is 18.0 Å². The highest BCUT2D eigenvalue weighted by Crippen LogP contribution is 2.33. The predicted octanol–water partition coefficient (Wildman–Crippen LogP) is 2.75. The number of ether oxygens (including phenoxy) is 1. The number of carbonyl (C=O) groups excluding carboxylic acids is 1. The number of benzene rings is 1. The summed E-state index contributed by atoms with van der Waals surface area (Å²) in [5, 5.41) is 3.48. The molecule has 0 amide bonds. The molecule has 1 fully saturated rings. The molecule has 0 spiro atoms. The molecule has 18 heavy (non-hydrogen) atoms. The average Bonchev–Trinajstić information content (AvgIpc) is 3.19. The van der Waals surface area contributed by atoms with Gasteiger partial charge in [0.1, 0.15) is 0 Å². The van der Waals surface area contributed by atoms with Crippen molar-refractivity contribution in [3.05, 3.63) is 35.4 Å². The van der Waals surface area contributed by atoms with Crippen molar-refractivity contribution >= 4 is 5.97 Å². The summed E-state index contributed by atoms with van der Waals surface area (Å²) in [4.78, 5) is 11.6. The second-order valence-electron chi connectivity index (χ2n) is 5.11. The quantitative estimate of drug-likeness (QED) is 0.785. The van der Waals surface area contributed by atoms with Crippen molar-refractivity contribution in [2.75, 3.05) is 7.11 Å². The molecule has 1 aromatic rings. The van der Waals surface area contributed by atoms with Gasteiger partial charge in [0, 0.05) is 12.6 Å². The minimum Gasteiger partial charge on any atom is -0.465 e. The largest absolute Gasteiger partial charge is 0.465 e. The van der Waals surface area contributed by atoms with Gasteiger partial charge in [-0.05, 0) is 30.9 Å². The van der Waals surface area contributed by atoms with Gasteiger partial charge in [-0.2, -0.15) is 0 Å². The Bertz CT molecular complexity index is 413. The lowest BCUT2D eigenvalue weighted by Crippen LogP contribution is -2.26. The lowest BCUT2D eigenvalue weighted by molar-refractivity contribution is 0.0599. The highest BCUT2D eigenvalue weighted by Gasteiger charge is 2.23. The van der Waals surface area contributed by atoms with Gasteiger partial charge in [0.05, 0.1) is 12.7 Å². The van der Waals surface area contributed by atoms with Gasteiger partial charge < -0.3 is 10.1 Å². The second-order valence-corrected chi connectivity index (χ2v) is 5.11. The van der Waals surface area contributed by atoms with E-state index in [9.17, 15) is 4.79 Å². The molecule has 0 saturated heterocycles. The summed E-state index contributed by atoms with van der Waals surface area (Å²) >= 11 is 0. The number of nitrogens with one attached hydrogen (secondary N) is 1. The molecule has 1 aliphatic carbocycles. The van der Waals surface area contributed by atoms with Crippen molar-refractivity contribution in [1.29, 1.82) is 0 Å². The first-order chi connectivity index (χ1) is 8.70. The summed E-state index contributed by atoms with van der Waals surface area (Å²) in [6.45, 7) is 2.93. The molecule has 1 atom stereocenters. The fraction of sp³-hybridized carbons (Fsp3) is 0.533. The first-order valence-electron chi connectivity index (χ1n) is 6.60. The van der Waals surface area contributed by atoms with Crippen molar-refractivity contribution in [1.82, 2.24) is 5.32 Å². The van der Waals surface area contributed by atoms with Crippen LogP contribution < -0.4 is 5.32 Å². The molecule has 3 heteroatoms. The van der Waals surface area contributed by atoms with E-state index >= 15 is 0 Å². The number of methoxy groups -OCH3 is 1. The summed E-state index contributed by atoms with van der Waals surface area (Å²) in [5.74, 6) is 0.658. The Morgan fingerprint density at radius 1 is 1.44 bits per heavy atom. The van der Waals surface area contributed by atoms with E-state index in [1.165, 1.54) is 26.4 Å². The topological polar surface area (TPSA) is 38.3 Å². The molecule has 1 N–H and O–H groups in total. The highest BCUT2D eigenvalue weighted by molar-refractivity contribution is 5.90. The van der Waals surface area contributed by atoms with Gasteiger partial charge in [-0.1, -0.05) is 31.0 Å². The Morgan fingerprint density at radius 2 is 2.17 bits per heavy atom. The maximum Gasteiger partial charge on any atom is 0.338 e. The maximum absolute atomic E-state index is 11.6. The molecular formula is C15H21NO2. The minimum absolute atomic E-state index is 0.262. The van der Waals surface area contributed by atoms with Crippen LogP contribution in [0.25, 0.3) is 0 Å². The van der Waals surface area contributed by atoms with Crippen molar-refractivity contribution in [2.24, 2.45) is 5.92 Å². The summed E-state index contributed by atoms with van der Waals surface area (Å²) in [5.41, 5.74) is 1.66. The number of hydrogen-bond acceptors (Lipinski definition) is 3. The fourth-order valence-corrected chi connectivity index (χ4v) is 2.20. The molecular weight excluding hydrogens is 226 g/mol. The Balaban J connectivity index is 1.93.